The van der Waals surface area contributed by atoms with Crippen LogP contribution in [0.3, 0.4) is 0 Å². The minimum absolute atomic E-state index is 0.157. The van der Waals surface area contributed by atoms with E-state index in [1.807, 2.05) is 11.0 Å². The summed E-state index contributed by atoms with van der Waals surface area (Å²) in [6, 6.07) is 4.80. The molecule has 1 fully saturated rings. The van der Waals surface area contributed by atoms with Gasteiger partial charge in [-0.05, 0) is 23.6 Å². The molecule has 0 saturated carbocycles. The van der Waals surface area contributed by atoms with Crippen molar-refractivity contribution in [2.45, 2.75) is 25.4 Å². The van der Waals surface area contributed by atoms with Gasteiger partial charge in [0, 0.05) is 20.1 Å². The number of likely N-dealkylation sites (tertiary alicyclic amines) is 1. The first-order valence-corrected chi connectivity index (χ1v) is 6.87. The van der Waals surface area contributed by atoms with Gasteiger partial charge in [0.15, 0.2) is 0 Å². The second kappa shape index (κ2) is 4.96. The van der Waals surface area contributed by atoms with Crippen LogP contribution in [0.15, 0.2) is 18.2 Å². The van der Waals surface area contributed by atoms with Crippen LogP contribution in [-0.2, 0) is 22.6 Å². The standard InChI is InChI=1S/C15H16N2O4/c1-16-13(18)7-12(14(16)19)17-6-5-10-9(8-17)3-2-4-11(10)15(20)21/h2-4,12H,5-8H2,1H3,(H,20,21). The van der Waals surface area contributed by atoms with E-state index in [4.69, 9.17) is 0 Å². The third-order valence-electron chi connectivity index (χ3n) is 4.32. The smallest absolute Gasteiger partial charge is 0.335 e. The number of carbonyl (C=O) groups excluding carboxylic acids is 2. The Morgan fingerprint density at radius 2 is 2.10 bits per heavy atom. The van der Waals surface area contributed by atoms with Crippen molar-refractivity contribution < 1.29 is 19.5 Å². The number of fused-ring (bicyclic) bond motifs is 1. The zero-order valence-corrected chi connectivity index (χ0v) is 11.7. The molecule has 6 heteroatoms. The van der Waals surface area contributed by atoms with Crippen LogP contribution in [0.1, 0.15) is 27.9 Å². The molecule has 1 saturated heterocycles. The highest BCUT2D eigenvalue weighted by Crippen LogP contribution is 2.27. The lowest BCUT2D eigenvalue weighted by molar-refractivity contribution is -0.138. The molecule has 21 heavy (non-hydrogen) atoms. The highest BCUT2D eigenvalue weighted by Gasteiger charge is 2.40. The molecule has 3 rings (SSSR count). The first-order valence-electron chi connectivity index (χ1n) is 6.87. The molecule has 0 aromatic heterocycles. The number of hydrogen-bond acceptors (Lipinski definition) is 4. The number of imide groups is 1. The predicted octanol–water partition coefficient (Wildman–Crippen LogP) is 0.500. The number of rotatable bonds is 2. The van der Waals surface area contributed by atoms with Gasteiger partial charge in [0.1, 0.15) is 0 Å². The lowest BCUT2D eigenvalue weighted by atomic mass is 9.93. The maximum Gasteiger partial charge on any atom is 0.335 e. The summed E-state index contributed by atoms with van der Waals surface area (Å²) in [5, 5.41) is 9.21. The van der Waals surface area contributed by atoms with Crippen molar-refractivity contribution in [3.63, 3.8) is 0 Å². The van der Waals surface area contributed by atoms with Crippen molar-refractivity contribution in [2.75, 3.05) is 13.6 Å². The van der Waals surface area contributed by atoms with Crippen molar-refractivity contribution in [3.05, 3.63) is 34.9 Å². The Labute approximate surface area is 122 Å². The Morgan fingerprint density at radius 3 is 2.71 bits per heavy atom. The summed E-state index contributed by atoms with van der Waals surface area (Å²) < 4.78 is 0. The quantitative estimate of drug-likeness (QED) is 0.802. The third-order valence-corrected chi connectivity index (χ3v) is 4.32. The molecule has 2 aliphatic heterocycles. The second-order valence-corrected chi connectivity index (χ2v) is 5.48. The van der Waals surface area contributed by atoms with E-state index in [0.717, 1.165) is 11.1 Å². The number of nitrogens with zero attached hydrogens (tertiary/aromatic N) is 2. The Hall–Kier alpha value is -2.21. The fraction of sp³-hybridized carbons (Fsp3) is 0.400. The number of aromatic carboxylic acids is 1. The van der Waals surface area contributed by atoms with Crippen molar-refractivity contribution in [1.82, 2.24) is 9.80 Å². The summed E-state index contributed by atoms with van der Waals surface area (Å²) in [7, 11) is 1.51. The Morgan fingerprint density at radius 1 is 1.33 bits per heavy atom. The molecule has 110 valence electrons. The molecule has 1 aromatic carbocycles. The lowest BCUT2D eigenvalue weighted by Crippen LogP contribution is -2.44. The van der Waals surface area contributed by atoms with E-state index in [9.17, 15) is 19.5 Å². The van der Waals surface area contributed by atoms with Crippen LogP contribution in [0.5, 0.6) is 0 Å². The van der Waals surface area contributed by atoms with E-state index >= 15 is 0 Å². The molecule has 0 spiro atoms. The van der Waals surface area contributed by atoms with E-state index in [2.05, 4.69) is 0 Å². The van der Waals surface area contributed by atoms with Crippen LogP contribution in [0.4, 0.5) is 0 Å². The van der Waals surface area contributed by atoms with E-state index < -0.39 is 12.0 Å². The minimum atomic E-state index is -0.924. The molecule has 2 amide bonds. The number of likely N-dealkylation sites (N-methyl/N-ethyl adjacent to an activating group) is 1. The molecular formula is C15H16N2O4. The van der Waals surface area contributed by atoms with Crippen LogP contribution in [0.25, 0.3) is 0 Å². The zero-order valence-electron chi connectivity index (χ0n) is 11.7. The normalized spacial score (nSPS) is 22.5. The Balaban J connectivity index is 1.86. The third kappa shape index (κ3) is 2.21. The van der Waals surface area contributed by atoms with Gasteiger partial charge in [0.25, 0.3) is 0 Å². The summed E-state index contributed by atoms with van der Waals surface area (Å²) in [4.78, 5) is 38.1. The molecule has 1 unspecified atom stereocenters. The molecule has 1 atom stereocenters. The largest absolute Gasteiger partial charge is 0.478 e. The number of carboxylic acid groups (broad SMARTS) is 1. The van der Waals surface area contributed by atoms with Crippen LogP contribution in [0.2, 0.25) is 0 Å². The van der Waals surface area contributed by atoms with E-state index in [-0.39, 0.29) is 18.2 Å². The van der Waals surface area contributed by atoms with Crippen LogP contribution < -0.4 is 0 Å². The van der Waals surface area contributed by atoms with Gasteiger partial charge < -0.3 is 5.11 Å². The van der Waals surface area contributed by atoms with Gasteiger partial charge in [-0.3, -0.25) is 19.4 Å². The van der Waals surface area contributed by atoms with Crippen molar-refractivity contribution in [1.29, 1.82) is 0 Å². The number of hydrogen-bond donors (Lipinski definition) is 1. The monoisotopic (exact) mass is 288 g/mol. The molecule has 0 aliphatic carbocycles. The number of carbonyl (C=O) groups is 3. The fourth-order valence-corrected chi connectivity index (χ4v) is 3.12. The molecule has 6 nitrogen and oxygen atoms in total. The van der Waals surface area contributed by atoms with E-state index in [1.54, 1.807) is 12.1 Å². The molecule has 2 aliphatic rings. The predicted molar refractivity (Wildman–Crippen MR) is 73.7 cm³/mol. The minimum Gasteiger partial charge on any atom is -0.478 e. The molecule has 1 N–H and O–H groups in total. The average Bonchev–Trinajstić information content (AvgIpc) is 2.73. The number of amides is 2. The lowest BCUT2D eigenvalue weighted by Gasteiger charge is -2.32. The van der Waals surface area contributed by atoms with E-state index in [1.165, 1.54) is 11.9 Å². The van der Waals surface area contributed by atoms with E-state index in [0.29, 0.717) is 25.1 Å². The number of carboxylic acids is 1. The molecular weight excluding hydrogens is 272 g/mol. The fourth-order valence-electron chi connectivity index (χ4n) is 3.12. The van der Waals surface area contributed by atoms with Crippen molar-refractivity contribution >= 4 is 17.8 Å². The Bertz CT molecular complexity index is 641. The van der Waals surface area contributed by atoms with Crippen molar-refractivity contribution in [3.8, 4) is 0 Å². The molecule has 2 heterocycles. The summed E-state index contributed by atoms with van der Waals surface area (Å²) in [6.07, 6.45) is 0.794. The van der Waals surface area contributed by atoms with Gasteiger partial charge in [-0.25, -0.2) is 4.79 Å². The summed E-state index contributed by atoms with van der Waals surface area (Å²) >= 11 is 0. The SMILES string of the molecule is CN1C(=O)CC(N2CCc3c(cccc3C(=O)O)C2)C1=O. The van der Waals surface area contributed by atoms with Crippen molar-refractivity contribution in [2.24, 2.45) is 0 Å². The summed E-state index contributed by atoms with van der Waals surface area (Å²) in [5.74, 6) is -1.25. The average molecular weight is 288 g/mol. The van der Waals surface area contributed by atoms with Gasteiger partial charge in [0.05, 0.1) is 18.0 Å². The number of benzene rings is 1. The van der Waals surface area contributed by atoms with Crippen LogP contribution in [-0.4, -0.2) is 52.3 Å². The van der Waals surface area contributed by atoms with Gasteiger partial charge >= 0.3 is 5.97 Å². The Kier molecular flexibility index (Phi) is 3.25. The maximum absolute atomic E-state index is 12.1. The van der Waals surface area contributed by atoms with Crippen LogP contribution in [0, 0.1) is 0 Å². The maximum atomic E-state index is 12.1. The van der Waals surface area contributed by atoms with Gasteiger partial charge in [-0.2, -0.15) is 0 Å². The molecule has 0 bridgehead atoms. The second-order valence-electron chi connectivity index (χ2n) is 5.48. The zero-order chi connectivity index (χ0) is 15.1. The van der Waals surface area contributed by atoms with Gasteiger partial charge in [-0.15, -0.1) is 0 Å². The van der Waals surface area contributed by atoms with Crippen LogP contribution >= 0.6 is 0 Å². The summed E-state index contributed by atoms with van der Waals surface area (Å²) in [6.45, 7) is 1.10. The molecule has 0 radical (unpaired) electrons. The van der Waals surface area contributed by atoms with Gasteiger partial charge in [-0.1, -0.05) is 12.1 Å². The highest BCUT2D eigenvalue weighted by atomic mass is 16.4. The summed E-state index contributed by atoms with van der Waals surface area (Å²) in [5.41, 5.74) is 2.10. The van der Waals surface area contributed by atoms with Gasteiger partial charge in [0.2, 0.25) is 11.8 Å². The molecule has 1 aromatic rings. The first-order chi connectivity index (χ1) is 9.99. The first kappa shape index (κ1) is 13.8. The highest BCUT2D eigenvalue weighted by molar-refractivity contribution is 6.05. The topological polar surface area (TPSA) is 77.9 Å².